The molecule has 30 heavy (non-hydrogen) atoms. The number of nitrogens with zero attached hydrogens (tertiary/aromatic N) is 6. The molecule has 158 valence electrons. The number of aromatic nitrogens is 4. The van der Waals surface area contributed by atoms with Crippen molar-refractivity contribution < 1.29 is 9.21 Å². The van der Waals surface area contributed by atoms with Gasteiger partial charge >= 0.3 is 0 Å². The zero-order valence-corrected chi connectivity index (χ0v) is 17.4. The van der Waals surface area contributed by atoms with Crippen LogP contribution in [0.2, 0.25) is 0 Å². The maximum Gasteiger partial charge on any atom is 0.289 e. The Hall–Kier alpha value is -3.00. The van der Waals surface area contributed by atoms with Gasteiger partial charge in [-0.15, -0.1) is 5.10 Å². The molecule has 0 N–H and O–H groups in total. The van der Waals surface area contributed by atoms with Crippen LogP contribution in [0.1, 0.15) is 54.2 Å². The maximum atomic E-state index is 12.6. The number of rotatable bonds is 8. The topological polar surface area (TPSA) is 80.3 Å². The summed E-state index contributed by atoms with van der Waals surface area (Å²) in [5, 5.41) is 12.6. The number of unbranched alkanes of at least 4 members (excludes halogenated alkanes) is 1. The number of carbonyl (C=O) groups excluding carboxylic acids is 1. The highest BCUT2D eigenvalue weighted by Gasteiger charge is 2.31. The highest BCUT2D eigenvalue weighted by atomic mass is 16.3. The predicted octanol–water partition coefficient (Wildman–Crippen LogP) is 3.00. The maximum absolute atomic E-state index is 12.6. The molecule has 0 radical (unpaired) electrons. The van der Waals surface area contributed by atoms with Gasteiger partial charge in [0.1, 0.15) is 0 Å². The summed E-state index contributed by atoms with van der Waals surface area (Å²) in [7, 11) is 0. The molecule has 0 spiro atoms. The van der Waals surface area contributed by atoms with Crippen molar-refractivity contribution in [3.63, 3.8) is 0 Å². The Balaban J connectivity index is 1.46. The van der Waals surface area contributed by atoms with Crippen molar-refractivity contribution in [3.05, 3.63) is 65.9 Å². The van der Waals surface area contributed by atoms with E-state index in [1.807, 2.05) is 27.8 Å². The Morgan fingerprint density at radius 1 is 1.10 bits per heavy atom. The zero-order valence-electron chi connectivity index (χ0n) is 17.4. The summed E-state index contributed by atoms with van der Waals surface area (Å²) in [6, 6.07) is 13.9. The van der Waals surface area contributed by atoms with Gasteiger partial charge in [-0.2, -0.15) is 0 Å². The fourth-order valence-corrected chi connectivity index (χ4v) is 3.98. The molecule has 0 saturated carbocycles. The van der Waals surface area contributed by atoms with E-state index in [0.717, 1.165) is 38.2 Å². The van der Waals surface area contributed by atoms with Gasteiger partial charge in [-0.25, -0.2) is 4.68 Å². The number of carbonyl (C=O) groups is 1. The lowest BCUT2D eigenvalue weighted by Gasteiger charge is -2.38. The highest BCUT2D eigenvalue weighted by Crippen LogP contribution is 2.26. The van der Waals surface area contributed by atoms with Gasteiger partial charge in [0.05, 0.1) is 18.8 Å². The molecule has 1 fully saturated rings. The molecule has 2 aromatic heterocycles. The average Bonchev–Trinajstić information content (AvgIpc) is 3.48. The average molecular weight is 409 g/mol. The fraction of sp³-hybridized carbons (Fsp3) is 0.455. The first-order chi connectivity index (χ1) is 14.8. The van der Waals surface area contributed by atoms with Gasteiger partial charge in [0.15, 0.2) is 11.6 Å². The van der Waals surface area contributed by atoms with Crippen LogP contribution in [-0.4, -0.2) is 62.1 Å². The van der Waals surface area contributed by atoms with Crippen LogP contribution in [0.25, 0.3) is 0 Å². The lowest BCUT2D eigenvalue weighted by molar-refractivity contribution is 0.0513. The number of tetrazole rings is 1. The van der Waals surface area contributed by atoms with E-state index in [2.05, 4.69) is 39.5 Å². The summed E-state index contributed by atoms with van der Waals surface area (Å²) in [6.45, 7) is 5.77. The molecule has 3 aromatic rings. The molecule has 1 aromatic carbocycles. The molecular formula is C22H28N6O2. The highest BCUT2D eigenvalue weighted by molar-refractivity contribution is 5.91. The summed E-state index contributed by atoms with van der Waals surface area (Å²) in [5.74, 6) is 1.26. The van der Waals surface area contributed by atoms with Gasteiger partial charge < -0.3 is 9.32 Å². The number of hydrogen-bond acceptors (Lipinski definition) is 6. The predicted molar refractivity (Wildman–Crippen MR) is 112 cm³/mol. The van der Waals surface area contributed by atoms with Crippen molar-refractivity contribution in [1.29, 1.82) is 0 Å². The first kappa shape index (κ1) is 20.3. The molecule has 1 aliphatic rings. The van der Waals surface area contributed by atoms with Gasteiger partial charge in [-0.05, 0) is 34.5 Å². The van der Waals surface area contributed by atoms with Gasteiger partial charge in [-0.1, -0.05) is 50.1 Å². The van der Waals surface area contributed by atoms with E-state index in [1.165, 1.54) is 11.8 Å². The van der Waals surface area contributed by atoms with E-state index in [0.29, 0.717) is 25.4 Å². The molecule has 4 rings (SSSR count). The van der Waals surface area contributed by atoms with E-state index in [-0.39, 0.29) is 11.9 Å². The SMILES string of the molecule is CCCCC(c1nnnn1Cc1ccccc1)N1CCN(C(=O)c2ccco2)CC1. The van der Waals surface area contributed by atoms with E-state index in [4.69, 9.17) is 4.42 Å². The molecule has 3 heterocycles. The third-order valence-corrected chi connectivity index (χ3v) is 5.64. The molecular weight excluding hydrogens is 380 g/mol. The smallest absolute Gasteiger partial charge is 0.289 e. The van der Waals surface area contributed by atoms with E-state index in [9.17, 15) is 4.79 Å². The summed E-state index contributed by atoms with van der Waals surface area (Å²) in [4.78, 5) is 16.8. The lowest BCUT2D eigenvalue weighted by atomic mass is 10.1. The number of furan rings is 1. The quantitative estimate of drug-likeness (QED) is 0.570. The van der Waals surface area contributed by atoms with Crippen molar-refractivity contribution in [1.82, 2.24) is 30.0 Å². The fourth-order valence-electron chi connectivity index (χ4n) is 3.98. The Bertz CT molecular complexity index is 916. The van der Waals surface area contributed by atoms with Crippen LogP contribution in [-0.2, 0) is 6.54 Å². The molecule has 0 aliphatic carbocycles. The Labute approximate surface area is 176 Å². The van der Waals surface area contributed by atoms with Crippen LogP contribution >= 0.6 is 0 Å². The third kappa shape index (κ3) is 4.59. The van der Waals surface area contributed by atoms with Crippen molar-refractivity contribution in [3.8, 4) is 0 Å². The minimum absolute atomic E-state index is 0.0429. The largest absolute Gasteiger partial charge is 0.459 e. The minimum atomic E-state index is -0.0429. The monoisotopic (exact) mass is 408 g/mol. The number of amides is 1. The van der Waals surface area contributed by atoms with Crippen LogP contribution in [0, 0.1) is 0 Å². The summed E-state index contributed by atoms with van der Waals surface area (Å²) >= 11 is 0. The van der Waals surface area contributed by atoms with Gasteiger partial charge in [0.25, 0.3) is 5.91 Å². The lowest BCUT2D eigenvalue weighted by Crippen LogP contribution is -2.50. The van der Waals surface area contributed by atoms with Crippen molar-refractivity contribution >= 4 is 5.91 Å². The summed E-state index contributed by atoms with van der Waals surface area (Å²) in [5.41, 5.74) is 1.18. The van der Waals surface area contributed by atoms with Crippen LogP contribution in [0.4, 0.5) is 0 Å². The summed E-state index contributed by atoms with van der Waals surface area (Å²) < 4.78 is 7.19. The molecule has 1 amide bonds. The van der Waals surface area contributed by atoms with E-state index in [1.54, 1.807) is 12.1 Å². The molecule has 0 bridgehead atoms. The number of piperazine rings is 1. The second-order valence-electron chi connectivity index (χ2n) is 7.64. The Kier molecular flexibility index (Phi) is 6.53. The molecule has 1 atom stereocenters. The minimum Gasteiger partial charge on any atom is -0.459 e. The zero-order chi connectivity index (χ0) is 20.8. The molecule has 1 unspecified atom stereocenters. The van der Waals surface area contributed by atoms with Crippen molar-refractivity contribution in [2.75, 3.05) is 26.2 Å². The first-order valence-electron chi connectivity index (χ1n) is 10.6. The van der Waals surface area contributed by atoms with Gasteiger partial charge in [0, 0.05) is 26.2 Å². The first-order valence-corrected chi connectivity index (χ1v) is 10.6. The van der Waals surface area contributed by atoms with Gasteiger partial charge in [-0.3, -0.25) is 9.69 Å². The number of benzene rings is 1. The van der Waals surface area contributed by atoms with Crippen molar-refractivity contribution in [2.24, 2.45) is 0 Å². The third-order valence-electron chi connectivity index (χ3n) is 5.64. The van der Waals surface area contributed by atoms with Crippen LogP contribution in [0.3, 0.4) is 0 Å². The molecule has 1 saturated heterocycles. The molecule has 8 nitrogen and oxygen atoms in total. The second kappa shape index (κ2) is 9.67. The van der Waals surface area contributed by atoms with Crippen LogP contribution in [0.15, 0.2) is 53.1 Å². The van der Waals surface area contributed by atoms with E-state index < -0.39 is 0 Å². The number of hydrogen-bond donors (Lipinski definition) is 0. The Morgan fingerprint density at radius 2 is 1.90 bits per heavy atom. The van der Waals surface area contributed by atoms with Crippen molar-refractivity contribution in [2.45, 2.75) is 38.8 Å². The second-order valence-corrected chi connectivity index (χ2v) is 7.64. The normalized spacial score (nSPS) is 16.0. The van der Waals surface area contributed by atoms with Crippen LogP contribution in [0.5, 0.6) is 0 Å². The van der Waals surface area contributed by atoms with E-state index >= 15 is 0 Å². The summed E-state index contributed by atoms with van der Waals surface area (Å²) in [6.07, 6.45) is 4.76. The Morgan fingerprint density at radius 3 is 2.60 bits per heavy atom. The van der Waals surface area contributed by atoms with Gasteiger partial charge in [0.2, 0.25) is 0 Å². The standard InChI is InChI=1S/C22H28N6O2/c1-2-3-10-19(21-23-24-25-28(21)17-18-8-5-4-6-9-18)26-12-14-27(15-13-26)22(29)20-11-7-16-30-20/h4-9,11,16,19H,2-3,10,12-15,17H2,1H3. The van der Waals surface area contributed by atoms with Crippen LogP contribution < -0.4 is 0 Å². The molecule has 8 heteroatoms. The molecule has 1 aliphatic heterocycles.